The van der Waals surface area contributed by atoms with Crippen molar-refractivity contribution in [3.8, 4) is 0 Å². The summed E-state index contributed by atoms with van der Waals surface area (Å²) in [5, 5.41) is 0. The Hall–Kier alpha value is -2.41. The summed E-state index contributed by atoms with van der Waals surface area (Å²) in [5.74, 6) is -3.83. The second-order valence-corrected chi connectivity index (χ2v) is 5.01. The largest absolute Gasteiger partial charge is 0.443 e. The van der Waals surface area contributed by atoms with Crippen molar-refractivity contribution >= 4 is 11.8 Å². The van der Waals surface area contributed by atoms with Crippen LogP contribution in [0.4, 0.5) is 48.3 Å². The molecule has 27 heavy (non-hydrogen) atoms. The van der Waals surface area contributed by atoms with E-state index in [1.807, 2.05) is 4.99 Å². The number of nitrogens with zero attached hydrogens (tertiary/aromatic N) is 2. The molecule has 0 saturated heterocycles. The second kappa shape index (κ2) is 6.34. The first-order valence-electron chi connectivity index (χ1n) is 6.55. The Labute approximate surface area is 142 Å². The molecular weight excluding hydrogens is 409 g/mol. The molecule has 2 rings (SSSR count). The van der Waals surface area contributed by atoms with E-state index in [2.05, 4.69) is 9.73 Å². The second-order valence-electron chi connectivity index (χ2n) is 5.01. The minimum atomic E-state index is -6.29. The monoisotopic (exact) mass is 414 g/mol. The van der Waals surface area contributed by atoms with Gasteiger partial charge in [0.25, 0.3) is 5.90 Å². The van der Waals surface area contributed by atoms with Crippen molar-refractivity contribution in [2.45, 2.75) is 30.6 Å². The summed E-state index contributed by atoms with van der Waals surface area (Å²) in [6.07, 6.45) is -21.4. The summed E-state index contributed by atoms with van der Waals surface area (Å²) in [4.78, 5) is 4.21. The molecule has 1 aliphatic rings. The lowest BCUT2D eigenvalue weighted by atomic mass is 10.1. The molecular formula is C13H5F11N2O. The standard InChI is InChI=1S/C13H5F11N2O/c14-7(15)9-26-11(12(19,20)21,13(22,23)24)25-8(27-9)5-1-3-6(4-2-5)10(16,17)18/h1-4,7H. The van der Waals surface area contributed by atoms with Crippen LogP contribution in [0.3, 0.4) is 0 Å². The average Bonchev–Trinajstić information content (AvgIpc) is 2.51. The zero-order chi connectivity index (χ0) is 20.8. The third-order valence-electron chi connectivity index (χ3n) is 3.17. The SMILES string of the molecule is FC(F)C1=NC(C(F)(F)F)(C(F)(F)F)N=C(c2ccc(C(F)(F)F)cc2)O1. The van der Waals surface area contributed by atoms with Crippen LogP contribution in [-0.2, 0) is 10.9 Å². The van der Waals surface area contributed by atoms with Gasteiger partial charge in [0.15, 0.2) is 0 Å². The van der Waals surface area contributed by atoms with Crippen molar-refractivity contribution in [2.75, 3.05) is 0 Å². The van der Waals surface area contributed by atoms with Crippen LogP contribution in [0.25, 0.3) is 0 Å². The van der Waals surface area contributed by atoms with Crippen molar-refractivity contribution in [1.82, 2.24) is 0 Å². The number of alkyl halides is 11. The fraction of sp³-hybridized carbons (Fsp3) is 0.385. The molecule has 3 nitrogen and oxygen atoms in total. The molecule has 14 heteroatoms. The predicted octanol–water partition coefficient (Wildman–Crippen LogP) is 4.97. The minimum Gasteiger partial charge on any atom is -0.418 e. The van der Waals surface area contributed by atoms with Gasteiger partial charge in [0.05, 0.1) is 5.56 Å². The Bertz CT molecular complexity index is 742. The molecule has 150 valence electrons. The first-order chi connectivity index (χ1) is 12.1. The fourth-order valence-corrected chi connectivity index (χ4v) is 1.91. The van der Waals surface area contributed by atoms with Crippen LogP contribution in [0.15, 0.2) is 34.3 Å². The van der Waals surface area contributed by atoms with Gasteiger partial charge >= 0.3 is 30.6 Å². The van der Waals surface area contributed by atoms with Crippen LogP contribution >= 0.6 is 0 Å². The summed E-state index contributed by atoms with van der Waals surface area (Å²) in [6, 6.07) is 1.46. The highest BCUT2D eigenvalue weighted by Crippen LogP contribution is 2.49. The van der Waals surface area contributed by atoms with Gasteiger partial charge in [-0.2, -0.15) is 48.3 Å². The van der Waals surface area contributed by atoms with E-state index in [0.717, 1.165) is 0 Å². The van der Waals surface area contributed by atoms with Crippen LogP contribution in [-0.4, -0.2) is 36.2 Å². The minimum absolute atomic E-state index is 0.303. The summed E-state index contributed by atoms with van der Waals surface area (Å²) in [7, 11) is 0. The number of hydrogen-bond acceptors (Lipinski definition) is 3. The highest BCUT2D eigenvalue weighted by atomic mass is 19.4. The number of aliphatic imine (C=N–C) groups is 2. The molecule has 0 N–H and O–H groups in total. The van der Waals surface area contributed by atoms with Crippen LogP contribution in [0.1, 0.15) is 11.1 Å². The molecule has 0 atom stereocenters. The van der Waals surface area contributed by atoms with Crippen LogP contribution in [0.2, 0.25) is 0 Å². The topological polar surface area (TPSA) is 34.0 Å². The van der Waals surface area contributed by atoms with Gasteiger partial charge in [-0.05, 0) is 24.3 Å². The first kappa shape index (κ1) is 20.9. The molecule has 0 aromatic heterocycles. The van der Waals surface area contributed by atoms with E-state index in [1.165, 1.54) is 0 Å². The van der Waals surface area contributed by atoms with E-state index >= 15 is 0 Å². The zero-order valence-electron chi connectivity index (χ0n) is 12.3. The molecule has 0 fully saturated rings. The fourth-order valence-electron chi connectivity index (χ4n) is 1.91. The number of hydrogen-bond donors (Lipinski definition) is 0. The van der Waals surface area contributed by atoms with E-state index < -0.39 is 53.5 Å². The molecule has 1 aromatic rings. The Morgan fingerprint density at radius 3 is 1.63 bits per heavy atom. The van der Waals surface area contributed by atoms with Gasteiger partial charge in [0.1, 0.15) is 0 Å². The van der Waals surface area contributed by atoms with Crippen LogP contribution in [0, 0.1) is 0 Å². The zero-order valence-corrected chi connectivity index (χ0v) is 12.3. The van der Waals surface area contributed by atoms with Crippen molar-refractivity contribution < 1.29 is 53.0 Å². The lowest BCUT2D eigenvalue weighted by Crippen LogP contribution is -2.57. The van der Waals surface area contributed by atoms with Gasteiger partial charge < -0.3 is 4.74 Å². The van der Waals surface area contributed by atoms with Gasteiger partial charge in [-0.1, -0.05) is 0 Å². The molecule has 0 aliphatic carbocycles. The number of halogens is 11. The maximum absolute atomic E-state index is 13.1. The van der Waals surface area contributed by atoms with E-state index in [1.54, 1.807) is 0 Å². The Kier molecular flexibility index (Phi) is 4.90. The third kappa shape index (κ3) is 3.83. The molecule has 1 aromatic carbocycles. The quantitative estimate of drug-likeness (QED) is 0.630. The molecule has 0 bridgehead atoms. The van der Waals surface area contributed by atoms with Gasteiger partial charge in [-0.25, -0.2) is 9.98 Å². The predicted molar refractivity (Wildman–Crippen MR) is 67.3 cm³/mol. The molecule has 0 amide bonds. The van der Waals surface area contributed by atoms with Crippen molar-refractivity contribution in [2.24, 2.45) is 9.98 Å². The summed E-state index contributed by atoms with van der Waals surface area (Å²) < 4.78 is 145. The number of rotatable bonds is 2. The maximum atomic E-state index is 13.1. The van der Waals surface area contributed by atoms with E-state index in [-0.39, 0.29) is 0 Å². The molecule has 1 aliphatic heterocycles. The van der Waals surface area contributed by atoms with E-state index in [9.17, 15) is 48.3 Å². The maximum Gasteiger partial charge on any atom is 0.443 e. The normalized spacial score (nSPS) is 18.1. The van der Waals surface area contributed by atoms with E-state index in [0.29, 0.717) is 24.3 Å². The highest BCUT2D eigenvalue weighted by Gasteiger charge is 2.74. The molecule has 0 unspecified atom stereocenters. The molecule has 0 radical (unpaired) electrons. The van der Waals surface area contributed by atoms with Gasteiger partial charge in [-0.15, -0.1) is 0 Å². The highest BCUT2D eigenvalue weighted by molar-refractivity contribution is 6.04. The average molecular weight is 414 g/mol. The Morgan fingerprint density at radius 2 is 1.26 bits per heavy atom. The Balaban J connectivity index is 2.64. The number of ether oxygens (including phenoxy) is 1. The van der Waals surface area contributed by atoms with E-state index in [4.69, 9.17) is 0 Å². The lowest BCUT2D eigenvalue weighted by molar-refractivity contribution is -0.293. The van der Waals surface area contributed by atoms with Crippen molar-refractivity contribution in [1.29, 1.82) is 0 Å². The Morgan fingerprint density at radius 1 is 0.778 bits per heavy atom. The van der Waals surface area contributed by atoms with Gasteiger partial charge in [-0.3, -0.25) is 0 Å². The third-order valence-corrected chi connectivity index (χ3v) is 3.17. The molecule has 0 saturated carbocycles. The van der Waals surface area contributed by atoms with Crippen molar-refractivity contribution in [3.05, 3.63) is 35.4 Å². The van der Waals surface area contributed by atoms with Gasteiger partial charge in [0, 0.05) is 5.56 Å². The van der Waals surface area contributed by atoms with Crippen LogP contribution < -0.4 is 0 Å². The summed E-state index contributed by atoms with van der Waals surface area (Å²) in [5.41, 5.74) is -7.40. The summed E-state index contributed by atoms with van der Waals surface area (Å²) in [6.45, 7) is 0. The smallest absolute Gasteiger partial charge is 0.418 e. The first-order valence-corrected chi connectivity index (χ1v) is 6.55. The number of benzene rings is 1. The summed E-state index contributed by atoms with van der Waals surface area (Å²) >= 11 is 0. The molecule has 0 spiro atoms. The molecule has 1 heterocycles. The van der Waals surface area contributed by atoms with Crippen molar-refractivity contribution in [3.63, 3.8) is 0 Å². The van der Waals surface area contributed by atoms with Gasteiger partial charge in [0.2, 0.25) is 5.90 Å². The lowest BCUT2D eigenvalue weighted by Gasteiger charge is -2.33. The van der Waals surface area contributed by atoms with Crippen LogP contribution in [0.5, 0.6) is 0 Å².